The molecule has 0 aromatic carbocycles. The lowest BCUT2D eigenvalue weighted by molar-refractivity contribution is -0.883. The molecule has 192 valence electrons. The van der Waals surface area contributed by atoms with Crippen LogP contribution in [0.1, 0.15) is 96.3 Å². The number of hydrogen-bond acceptors (Lipinski definition) is 4. The molecule has 0 heterocycles. The van der Waals surface area contributed by atoms with Crippen molar-refractivity contribution >= 4 is 17.8 Å². The maximum absolute atomic E-state index is 11.9. The first-order chi connectivity index (χ1) is 15.8. The van der Waals surface area contributed by atoms with E-state index in [1.165, 1.54) is 45.6 Å². The van der Waals surface area contributed by atoms with Gasteiger partial charge in [-0.3, -0.25) is 9.59 Å². The Bertz CT molecular complexity index is 561. The first-order valence-electron chi connectivity index (χ1n) is 12.8. The second-order valence-corrected chi connectivity index (χ2v) is 9.58. The summed E-state index contributed by atoms with van der Waals surface area (Å²) < 4.78 is 5.07. The first kappa shape index (κ1) is 31.1. The summed E-state index contributed by atoms with van der Waals surface area (Å²) in [7, 11) is 5.23. The molecular weight excluding hydrogens is 420 g/mol. The maximum Gasteiger partial charge on any atom is 0.359 e. The molecule has 0 radical (unpaired) electrons. The minimum atomic E-state index is -0.795. The molecule has 0 saturated carbocycles. The number of ether oxygens (including phenoxy) is 1. The average Bonchev–Trinajstić information content (AvgIpc) is 2.75. The van der Waals surface area contributed by atoms with E-state index in [-0.39, 0.29) is 18.4 Å². The number of rotatable bonds is 22. The Morgan fingerprint density at radius 3 is 1.85 bits per heavy atom. The molecule has 7 nitrogen and oxygen atoms in total. The van der Waals surface area contributed by atoms with E-state index in [2.05, 4.69) is 22.2 Å². The highest BCUT2D eigenvalue weighted by atomic mass is 16.5. The van der Waals surface area contributed by atoms with Gasteiger partial charge >= 0.3 is 11.9 Å². The number of hydrogen-bond donors (Lipinski definition) is 2. The second-order valence-electron chi connectivity index (χ2n) is 9.58. The lowest BCUT2D eigenvalue weighted by Gasteiger charge is -2.27. The van der Waals surface area contributed by atoms with Gasteiger partial charge in [-0.25, -0.2) is 4.79 Å². The standard InChI is InChI=1S/C26H48N2O5/c1-28(2,23-25(30)31)22-18-21-27-24(29)19-16-14-12-10-8-6-4-5-7-9-11-13-15-17-20-26(32)33-3/h4-5H,6-23H2,1-3H3,(H-,27,29,30,31)/p+1. The normalized spacial score (nSPS) is 11.6. The van der Waals surface area contributed by atoms with Gasteiger partial charge in [-0.15, -0.1) is 0 Å². The number of aliphatic carboxylic acids is 1. The summed E-state index contributed by atoms with van der Waals surface area (Å²) in [5.41, 5.74) is 0. The molecule has 0 fully saturated rings. The number of nitrogens with zero attached hydrogens (tertiary/aromatic N) is 1. The monoisotopic (exact) mass is 469 g/mol. The smallest absolute Gasteiger partial charge is 0.359 e. The van der Waals surface area contributed by atoms with Crippen molar-refractivity contribution in [3.8, 4) is 0 Å². The molecule has 33 heavy (non-hydrogen) atoms. The van der Waals surface area contributed by atoms with Crippen LogP contribution in [0.15, 0.2) is 12.2 Å². The fourth-order valence-electron chi connectivity index (χ4n) is 3.75. The van der Waals surface area contributed by atoms with Gasteiger partial charge in [0, 0.05) is 25.8 Å². The highest BCUT2D eigenvalue weighted by Crippen LogP contribution is 2.10. The molecule has 0 spiro atoms. The third-order valence-corrected chi connectivity index (χ3v) is 5.75. The average molecular weight is 470 g/mol. The van der Waals surface area contributed by atoms with Crippen molar-refractivity contribution in [2.24, 2.45) is 0 Å². The third kappa shape index (κ3) is 23.1. The molecule has 0 aromatic rings. The second kappa shape index (κ2) is 20.7. The van der Waals surface area contributed by atoms with Crippen LogP contribution in [0.3, 0.4) is 0 Å². The Morgan fingerprint density at radius 1 is 0.788 bits per heavy atom. The molecule has 0 atom stereocenters. The van der Waals surface area contributed by atoms with E-state index in [1.807, 2.05) is 14.1 Å². The molecular formula is C26H49N2O5+. The van der Waals surface area contributed by atoms with Gasteiger partial charge in [0.1, 0.15) is 0 Å². The van der Waals surface area contributed by atoms with Crippen molar-refractivity contribution in [2.75, 3.05) is 40.8 Å². The van der Waals surface area contributed by atoms with E-state index in [0.29, 0.717) is 23.9 Å². The van der Waals surface area contributed by atoms with E-state index in [1.54, 1.807) is 0 Å². The van der Waals surface area contributed by atoms with Crippen LogP contribution in [-0.2, 0) is 19.1 Å². The number of esters is 1. The van der Waals surface area contributed by atoms with Gasteiger partial charge in [0.25, 0.3) is 0 Å². The Balaban J connectivity index is 3.39. The number of allylic oxidation sites excluding steroid dienone is 2. The van der Waals surface area contributed by atoms with Crippen molar-refractivity contribution in [2.45, 2.75) is 96.3 Å². The van der Waals surface area contributed by atoms with Crippen molar-refractivity contribution in [3.63, 3.8) is 0 Å². The molecule has 7 heteroatoms. The lowest BCUT2D eigenvalue weighted by atomic mass is 10.1. The molecule has 2 N–H and O–H groups in total. The van der Waals surface area contributed by atoms with E-state index in [0.717, 1.165) is 51.5 Å². The van der Waals surface area contributed by atoms with Crippen LogP contribution in [0, 0.1) is 0 Å². The van der Waals surface area contributed by atoms with E-state index in [9.17, 15) is 14.4 Å². The zero-order valence-electron chi connectivity index (χ0n) is 21.4. The summed E-state index contributed by atoms with van der Waals surface area (Å²) in [6.07, 6.45) is 20.1. The summed E-state index contributed by atoms with van der Waals surface area (Å²) in [6.45, 7) is 1.45. The first-order valence-corrected chi connectivity index (χ1v) is 12.8. The number of quaternary nitrogens is 1. The molecule has 0 bridgehead atoms. The van der Waals surface area contributed by atoms with E-state index < -0.39 is 5.97 Å². The van der Waals surface area contributed by atoms with Crippen LogP contribution < -0.4 is 5.32 Å². The molecule has 0 aliphatic carbocycles. The Labute approximate surface area is 201 Å². The van der Waals surface area contributed by atoms with Gasteiger partial charge in [-0.2, -0.15) is 0 Å². The fourth-order valence-corrected chi connectivity index (χ4v) is 3.75. The Kier molecular flexibility index (Phi) is 19.5. The molecule has 0 aliphatic heterocycles. The number of carbonyl (C=O) groups excluding carboxylic acids is 2. The minimum Gasteiger partial charge on any atom is -0.477 e. The summed E-state index contributed by atoms with van der Waals surface area (Å²) >= 11 is 0. The topological polar surface area (TPSA) is 92.7 Å². The summed E-state index contributed by atoms with van der Waals surface area (Å²) in [5.74, 6) is -0.799. The quantitative estimate of drug-likeness (QED) is 0.102. The number of nitrogens with one attached hydrogen (secondary N) is 1. The third-order valence-electron chi connectivity index (χ3n) is 5.75. The number of carboxylic acids is 1. The molecule has 0 rings (SSSR count). The summed E-state index contributed by atoms with van der Waals surface area (Å²) in [4.78, 5) is 33.7. The summed E-state index contributed by atoms with van der Waals surface area (Å²) in [6, 6.07) is 0. The van der Waals surface area contributed by atoms with Crippen molar-refractivity contribution in [1.82, 2.24) is 5.32 Å². The number of methoxy groups -OCH3 is 1. The van der Waals surface area contributed by atoms with Crippen molar-refractivity contribution in [3.05, 3.63) is 12.2 Å². The number of likely N-dealkylation sites (N-methyl/N-ethyl adjacent to an activating group) is 1. The van der Waals surface area contributed by atoms with Crippen LogP contribution in [0.25, 0.3) is 0 Å². The molecule has 0 unspecified atom stereocenters. The van der Waals surface area contributed by atoms with Crippen molar-refractivity contribution in [1.29, 1.82) is 0 Å². The maximum atomic E-state index is 11.9. The molecule has 0 aromatic heterocycles. The molecule has 1 amide bonds. The van der Waals surface area contributed by atoms with Crippen LogP contribution in [0.4, 0.5) is 0 Å². The van der Waals surface area contributed by atoms with Gasteiger partial charge in [-0.05, 0) is 38.5 Å². The number of amides is 1. The zero-order chi connectivity index (χ0) is 24.8. The van der Waals surface area contributed by atoms with Gasteiger partial charge in [-0.1, -0.05) is 50.7 Å². The Morgan fingerprint density at radius 2 is 1.30 bits per heavy atom. The predicted molar refractivity (Wildman–Crippen MR) is 133 cm³/mol. The Hall–Kier alpha value is -1.89. The number of carboxylic acid groups (broad SMARTS) is 1. The van der Waals surface area contributed by atoms with Gasteiger partial charge in [0.05, 0.1) is 27.7 Å². The highest BCUT2D eigenvalue weighted by Gasteiger charge is 2.18. The van der Waals surface area contributed by atoms with Crippen molar-refractivity contribution < 1.29 is 28.7 Å². The van der Waals surface area contributed by atoms with Gasteiger partial charge in [0.15, 0.2) is 6.54 Å². The largest absolute Gasteiger partial charge is 0.477 e. The summed E-state index contributed by atoms with van der Waals surface area (Å²) in [5, 5.41) is 11.8. The highest BCUT2D eigenvalue weighted by molar-refractivity contribution is 5.75. The van der Waals surface area contributed by atoms with Gasteiger partial charge in [0.2, 0.25) is 5.91 Å². The number of unbranched alkanes of at least 4 members (excludes halogenated alkanes) is 10. The zero-order valence-corrected chi connectivity index (χ0v) is 21.4. The molecule has 0 aliphatic rings. The number of carbonyl (C=O) groups is 3. The van der Waals surface area contributed by atoms with Gasteiger partial charge < -0.3 is 19.6 Å². The van der Waals surface area contributed by atoms with Crippen LogP contribution in [-0.4, -0.2) is 68.3 Å². The van der Waals surface area contributed by atoms with E-state index in [4.69, 9.17) is 5.11 Å². The van der Waals surface area contributed by atoms with Crippen LogP contribution in [0.5, 0.6) is 0 Å². The van der Waals surface area contributed by atoms with Crippen LogP contribution >= 0.6 is 0 Å². The van der Waals surface area contributed by atoms with E-state index >= 15 is 0 Å². The fraction of sp³-hybridized carbons (Fsp3) is 0.808. The SMILES string of the molecule is COC(=O)CCCCCCCC=CCCCCCCCC(=O)NCCC[N+](C)(C)CC(=O)O. The molecule has 0 saturated heterocycles. The van der Waals surface area contributed by atoms with Crippen LogP contribution in [0.2, 0.25) is 0 Å². The lowest BCUT2D eigenvalue weighted by Crippen LogP contribution is -2.45. The minimum absolute atomic E-state index is 0.102. The predicted octanol–water partition coefficient (Wildman–Crippen LogP) is 4.84.